The average Bonchev–Trinajstić information content (AvgIpc) is 2.39. The fourth-order valence-electron chi connectivity index (χ4n) is 1.47. The Morgan fingerprint density at radius 1 is 1.20 bits per heavy atom. The summed E-state index contributed by atoms with van der Waals surface area (Å²) in [5, 5.41) is 0. The molecule has 58 valence electrons. The third-order valence-electron chi connectivity index (χ3n) is 1.98. The number of hydrogen-bond acceptors (Lipinski definition) is 3. The molecule has 2 aliphatic rings. The van der Waals surface area contributed by atoms with Crippen LogP contribution in [-0.2, 0) is 9.47 Å². The normalized spacial score (nSPS) is 31.2. The third kappa shape index (κ3) is 1.18. The van der Waals surface area contributed by atoms with Gasteiger partial charge in [-0.05, 0) is 12.2 Å². The molecule has 0 aromatic rings. The van der Waals surface area contributed by atoms with Crippen molar-refractivity contribution in [1.29, 1.82) is 0 Å². The van der Waals surface area contributed by atoms with E-state index in [1.807, 2.05) is 11.8 Å². The highest BCUT2D eigenvalue weighted by Gasteiger charge is 2.37. The molecular weight excluding hydrogens is 148 g/mol. The summed E-state index contributed by atoms with van der Waals surface area (Å²) < 4.78 is 11.1. The van der Waals surface area contributed by atoms with Gasteiger partial charge in [-0.1, -0.05) is 0 Å². The van der Waals surface area contributed by atoms with Crippen LogP contribution in [0.4, 0.5) is 0 Å². The highest BCUT2D eigenvalue weighted by molar-refractivity contribution is 7.99. The topological polar surface area (TPSA) is 18.5 Å². The van der Waals surface area contributed by atoms with Crippen LogP contribution in [0.3, 0.4) is 0 Å². The summed E-state index contributed by atoms with van der Waals surface area (Å²) in [6.07, 6.45) is 2.34. The largest absolute Gasteiger partial charge is 0.347 e. The summed E-state index contributed by atoms with van der Waals surface area (Å²) >= 11 is 1.94. The molecule has 0 aromatic heterocycles. The molecular formula is C7H12O2S. The van der Waals surface area contributed by atoms with E-state index in [0.29, 0.717) is 0 Å². The van der Waals surface area contributed by atoms with Crippen molar-refractivity contribution in [3.63, 3.8) is 0 Å². The molecule has 0 amide bonds. The molecule has 0 N–H and O–H groups in total. The van der Waals surface area contributed by atoms with Crippen molar-refractivity contribution < 1.29 is 9.47 Å². The van der Waals surface area contributed by atoms with E-state index in [-0.39, 0.29) is 5.79 Å². The summed E-state index contributed by atoms with van der Waals surface area (Å²) in [4.78, 5) is 0. The van der Waals surface area contributed by atoms with Gasteiger partial charge >= 0.3 is 0 Å². The predicted octanol–water partition coefficient (Wildman–Crippen LogP) is 1.26. The quantitative estimate of drug-likeness (QED) is 0.531. The fourth-order valence-corrected chi connectivity index (χ4v) is 2.58. The molecule has 0 saturated carbocycles. The molecule has 2 saturated heterocycles. The fraction of sp³-hybridized carbons (Fsp3) is 1.00. The second-order valence-electron chi connectivity index (χ2n) is 2.76. The van der Waals surface area contributed by atoms with E-state index in [2.05, 4.69) is 0 Å². The summed E-state index contributed by atoms with van der Waals surface area (Å²) in [5.41, 5.74) is 0. The number of hydrogen-bond donors (Lipinski definition) is 0. The van der Waals surface area contributed by atoms with Gasteiger partial charge in [0.1, 0.15) is 0 Å². The first kappa shape index (κ1) is 6.95. The molecule has 0 radical (unpaired) electrons. The van der Waals surface area contributed by atoms with Crippen LogP contribution in [0.25, 0.3) is 0 Å². The van der Waals surface area contributed by atoms with Gasteiger partial charge in [0.25, 0.3) is 0 Å². The van der Waals surface area contributed by atoms with Gasteiger partial charge in [-0.2, -0.15) is 11.8 Å². The lowest BCUT2D eigenvalue weighted by Crippen LogP contribution is -2.35. The monoisotopic (exact) mass is 160 g/mol. The van der Waals surface area contributed by atoms with Crippen molar-refractivity contribution in [2.75, 3.05) is 24.7 Å². The van der Waals surface area contributed by atoms with E-state index in [1.54, 1.807) is 0 Å². The summed E-state index contributed by atoms with van der Waals surface area (Å²) in [6.45, 7) is 1.58. The van der Waals surface area contributed by atoms with Crippen molar-refractivity contribution in [3.05, 3.63) is 0 Å². The molecule has 2 rings (SSSR count). The van der Waals surface area contributed by atoms with E-state index >= 15 is 0 Å². The van der Waals surface area contributed by atoms with E-state index in [1.165, 1.54) is 12.2 Å². The van der Waals surface area contributed by atoms with Crippen LogP contribution < -0.4 is 0 Å². The Balaban J connectivity index is 1.98. The SMILES string of the molecule is C1CSCC2(C1)OCCO2. The van der Waals surface area contributed by atoms with Crippen molar-refractivity contribution in [2.24, 2.45) is 0 Å². The first-order valence-corrected chi connectivity index (χ1v) is 4.92. The summed E-state index contributed by atoms with van der Waals surface area (Å²) in [6, 6.07) is 0. The maximum absolute atomic E-state index is 5.54. The number of thioether (sulfide) groups is 1. The van der Waals surface area contributed by atoms with Gasteiger partial charge in [0.05, 0.1) is 13.2 Å². The lowest BCUT2D eigenvalue weighted by Gasteiger charge is -2.30. The molecule has 3 heteroatoms. The Morgan fingerprint density at radius 3 is 2.60 bits per heavy atom. The standard InChI is InChI=1S/C7H12O2S/c1-2-7(6-10-5-1)8-3-4-9-7/h1-6H2. The van der Waals surface area contributed by atoms with Crippen molar-refractivity contribution >= 4 is 11.8 Å². The van der Waals surface area contributed by atoms with Crippen LogP contribution in [0.15, 0.2) is 0 Å². The van der Waals surface area contributed by atoms with Gasteiger partial charge in [0.15, 0.2) is 5.79 Å². The molecule has 10 heavy (non-hydrogen) atoms. The Bertz CT molecular complexity index is 113. The van der Waals surface area contributed by atoms with E-state index < -0.39 is 0 Å². The van der Waals surface area contributed by atoms with Crippen molar-refractivity contribution in [1.82, 2.24) is 0 Å². The van der Waals surface area contributed by atoms with Crippen LogP contribution >= 0.6 is 11.8 Å². The lowest BCUT2D eigenvalue weighted by atomic mass is 10.2. The third-order valence-corrected chi connectivity index (χ3v) is 3.20. The average molecular weight is 160 g/mol. The second-order valence-corrected chi connectivity index (χ2v) is 3.87. The molecule has 2 aliphatic heterocycles. The van der Waals surface area contributed by atoms with Crippen LogP contribution in [0.5, 0.6) is 0 Å². The van der Waals surface area contributed by atoms with Crippen LogP contribution in [0.1, 0.15) is 12.8 Å². The van der Waals surface area contributed by atoms with E-state index in [4.69, 9.17) is 9.47 Å². The molecule has 0 unspecified atom stereocenters. The smallest absolute Gasteiger partial charge is 0.177 e. The van der Waals surface area contributed by atoms with Gasteiger partial charge in [0.2, 0.25) is 0 Å². The Hall–Kier alpha value is 0.270. The highest BCUT2D eigenvalue weighted by atomic mass is 32.2. The Labute approximate surface area is 65.3 Å². The van der Waals surface area contributed by atoms with Gasteiger partial charge < -0.3 is 9.47 Å². The van der Waals surface area contributed by atoms with Crippen LogP contribution in [0.2, 0.25) is 0 Å². The van der Waals surface area contributed by atoms with Gasteiger partial charge in [0, 0.05) is 12.2 Å². The maximum Gasteiger partial charge on any atom is 0.177 e. The minimum absolute atomic E-state index is 0.164. The molecule has 2 heterocycles. The molecule has 1 spiro atoms. The zero-order chi connectivity index (χ0) is 6.86. The Morgan fingerprint density at radius 2 is 2.00 bits per heavy atom. The highest BCUT2D eigenvalue weighted by Crippen LogP contribution is 2.33. The summed E-state index contributed by atoms with van der Waals surface area (Å²) in [5.74, 6) is 2.14. The van der Waals surface area contributed by atoms with Gasteiger partial charge in [-0.15, -0.1) is 0 Å². The second kappa shape index (κ2) is 2.72. The molecule has 0 aliphatic carbocycles. The Kier molecular flexibility index (Phi) is 1.89. The predicted molar refractivity (Wildman–Crippen MR) is 41.2 cm³/mol. The van der Waals surface area contributed by atoms with Crippen LogP contribution in [0, 0.1) is 0 Å². The minimum atomic E-state index is -0.164. The number of ether oxygens (including phenoxy) is 2. The minimum Gasteiger partial charge on any atom is -0.347 e. The zero-order valence-electron chi connectivity index (χ0n) is 5.97. The maximum atomic E-state index is 5.54. The molecule has 2 fully saturated rings. The lowest BCUT2D eigenvalue weighted by molar-refractivity contribution is -0.144. The van der Waals surface area contributed by atoms with Gasteiger partial charge in [-0.3, -0.25) is 0 Å². The molecule has 0 aromatic carbocycles. The number of rotatable bonds is 0. The molecule has 2 nitrogen and oxygen atoms in total. The molecule has 0 bridgehead atoms. The zero-order valence-corrected chi connectivity index (χ0v) is 6.78. The summed E-state index contributed by atoms with van der Waals surface area (Å²) in [7, 11) is 0. The van der Waals surface area contributed by atoms with Gasteiger partial charge in [-0.25, -0.2) is 0 Å². The first-order chi connectivity index (χ1) is 4.91. The van der Waals surface area contributed by atoms with Crippen molar-refractivity contribution in [2.45, 2.75) is 18.6 Å². The van der Waals surface area contributed by atoms with Crippen LogP contribution in [-0.4, -0.2) is 30.5 Å². The molecule has 0 atom stereocenters. The first-order valence-electron chi connectivity index (χ1n) is 3.77. The van der Waals surface area contributed by atoms with Crippen molar-refractivity contribution in [3.8, 4) is 0 Å². The van der Waals surface area contributed by atoms with E-state index in [9.17, 15) is 0 Å². The van der Waals surface area contributed by atoms with E-state index in [0.717, 1.165) is 25.4 Å².